The minimum Gasteiger partial charge on any atom is -0.363 e. The van der Waals surface area contributed by atoms with Crippen molar-refractivity contribution in [2.75, 3.05) is 10.6 Å². The van der Waals surface area contributed by atoms with Gasteiger partial charge in [0.1, 0.15) is 5.82 Å². The van der Waals surface area contributed by atoms with Crippen molar-refractivity contribution in [3.05, 3.63) is 76.4 Å². The number of aryl methyl sites for hydroxylation is 1. The van der Waals surface area contributed by atoms with E-state index >= 15 is 0 Å². The Hall–Kier alpha value is -3.00. The maximum absolute atomic E-state index is 13.8. The summed E-state index contributed by atoms with van der Waals surface area (Å²) in [4.78, 5) is 12.6. The minimum atomic E-state index is -4.52. The van der Waals surface area contributed by atoms with Crippen molar-refractivity contribution in [3.63, 3.8) is 0 Å². The van der Waals surface area contributed by atoms with E-state index in [0.29, 0.717) is 16.3 Å². The molecule has 2 N–H and O–H groups in total. The first-order chi connectivity index (χ1) is 14.2. The Bertz CT molecular complexity index is 1080. The summed E-state index contributed by atoms with van der Waals surface area (Å²) >= 11 is 5.89. The molecule has 0 saturated heterocycles. The predicted molar refractivity (Wildman–Crippen MR) is 109 cm³/mol. The molecule has 0 fully saturated rings. The van der Waals surface area contributed by atoms with Crippen molar-refractivity contribution in [1.29, 1.82) is 0 Å². The highest BCUT2D eigenvalue weighted by atomic mass is 35.5. The minimum absolute atomic E-state index is 0.0910. The molecule has 0 saturated carbocycles. The fourth-order valence-corrected chi connectivity index (χ4v) is 3.62. The van der Waals surface area contributed by atoms with Crippen LogP contribution in [0.1, 0.15) is 40.1 Å². The maximum atomic E-state index is 13.8. The number of alkyl halides is 3. The lowest BCUT2D eigenvalue weighted by Crippen LogP contribution is -2.35. The van der Waals surface area contributed by atoms with Gasteiger partial charge < -0.3 is 10.6 Å². The van der Waals surface area contributed by atoms with Gasteiger partial charge in [-0.2, -0.15) is 18.3 Å². The van der Waals surface area contributed by atoms with E-state index in [1.165, 1.54) is 6.07 Å². The van der Waals surface area contributed by atoms with E-state index in [0.717, 1.165) is 10.2 Å². The molecular weight excluding hydrogens is 417 g/mol. The van der Waals surface area contributed by atoms with Crippen LogP contribution in [0.2, 0.25) is 5.02 Å². The highest BCUT2D eigenvalue weighted by molar-refractivity contribution is 6.30. The maximum Gasteiger partial charge on any atom is 0.410 e. The summed E-state index contributed by atoms with van der Waals surface area (Å²) in [6.45, 7) is 1.83. The number of para-hydroxylation sites is 1. The quantitative estimate of drug-likeness (QED) is 0.551. The third-order valence-corrected chi connectivity index (χ3v) is 5.34. The van der Waals surface area contributed by atoms with Gasteiger partial charge in [0.25, 0.3) is 5.91 Å². The van der Waals surface area contributed by atoms with Crippen LogP contribution >= 0.6 is 11.6 Å². The molecule has 9 heteroatoms. The van der Waals surface area contributed by atoms with Crippen molar-refractivity contribution < 1.29 is 18.0 Å². The first kappa shape index (κ1) is 20.3. The number of carbonyl (C=O) groups is 1. The van der Waals surface area contributed by atoms with E-state index < -0.39 is 24.2 Å². The van der Waals surface area contributed by atoms with Crippen molar-refractivity contribution >= 4 is 29.0 Å². The zero-order valence-electron chi connectivity index (χ0n) is 15.9. The molecule has 1 aromatic heterocycles. The second-order valence-electron chi connectivity index (χ2n) is 7.17. The topological polar surface area (TPSA) is 59.0 Å². The van der Waals surface area contributed by atoms with Gasteiger partial charge in [0.2, 0.25) is 0 Å². The van der Waals surface area contributed by atoms with Gasteiger partial charge in [-0.1, -0.05) is 41.9 Å². The number of hydrogen-bond donors (Lipinski definition) is 2. The average Bonchev–Trinajstić information content (AvgIpc) is 3.13. The number of rotatable bonds is 3. The van der Waals surface area contributed by atoms with Crippen LogP contribution in [0.5, 0.6) is 0 Å². The van der Waals surface area contributed by atoms with Crippen LogP contribution < -0.4 is 10.6 Å². The molecule has 2 heterocycles. The predicted octanol–water partition coefficient (Wildman–Crippen LogP) is 5.76. The summed E-state index contributed by atoms with van der Waals surface area (Å²) in [6.07, 6.45) is -4.77. The van der Waals surface area contributed by atoms with Crippen molar-refractivity contribution in [3.8, 4) is 0 Å². The number of nitrogens with zero attached hydrogens (tertiary/aromatic N) is 2. The monoisotopic (exact) mass is 434 g/mol. The van der Waals surface area contributed by atoms with Gasteiger partial charge in [0, 0.05) is 23.2 Å². The summed E-state index contributed by atoms with van der Waals surface area (Å²) in [7, 11) is 0. The standard InChI is InChI=1S/C21H18ClF3N4O/c1-12-4-2-3-5-15(12)27-20(30)17-11-19-26-16(13-6-8-14(22)9-7-13)10-18(21(23,24)25)29(19)28-17/h2-9,11,16,18,26H,10H2,1H3,(H,27,30)/t16-,18+/m1/s1. The molecule has 30 heavy (non-hydrogen) atoms. The second-order valence-corrected chi connectivity index (χ2v) is 7.61. The fourth-order valence-electron chi connectivity index (χ4n) is 3.50. The molecule has 1 amide bonds. The van der Waals surface area contributed by atoms with Gasteiger partial charge in [-0.15, -0.1) is 0 Å². The highest BCUT2D eigenvalue weighted by Gasteiger charge is 2.46. The lowest BCUT2D eigenvalue weighted by atomic mass is 9.97. The molecule has 2 aromatic carbocycles. The van der Waals surface area contributed by atoms with E-state index in [1.54, 1.807) is 36.4 Å². The van der Waals surface area contributed by atoms with Gasteiger partial charge in [-0.05, 0) is 36.2 Å². The smallest absolute Gasteiger partial charge is 0.363 e. The normalized spacial score (nSPS) is 18.4. The Labute approximate surface area is 175 Å². The number of halogens is 4. The molecule has 1 aliphatic heterocycles. The van der Waals surface area contributed by atoms with Crippen molar-refractivity contribution in [1.82, 2.24) is 9.78 Å². The van der Waals surface area contributed by atoms with E-state index in [4.69, 9.17) is 11.6 Å². The molecule has 5 nitrogen and oxygen atoms in total. The Morgan fingerprint density at radius 1 is 1.20 bits per heavy atom. The lowest BCUT2D eigenvalue weighted by Gasteiger charge is -2.33. The largest absolute Gasteiger partial charge is 0.410 e. The number of amides is 1. The molecule has 2 atom stereocenters. The van der Waals surface area contributed by atoms with Crippen LogP contribution in [0.25, 0.3) is 0 Å². The molecular formula is C21H18ClF3N4O. The van der Waals surface area contributed by atoms with Crippen molar-refractivity contribution in [2.24, 2.45) is 0 Å². The van der Waals surface area contributed by atoms with Gasteiger partial charge in [-0.3, -0.25) is 4.79 Å². The third kappa shape index (κ3) is 4.00. The van der Waals surface area contributed by atoms with E-state index in [1.807, 2.05) is 19.1 Å². The Kier molecular flexibility index (Phi) is 5.19. The number of benzene rings is 2. The summed E-state index contributed by atoms with van der Waals surface area (Å²) in [5.41, 5.74) is 2.00. The summed E-state index contributed by atoms with van der Waals surface area (Å²) in [5, 5.41) is 10.2. The van der Waals surface area contributed by atoms with Crippen LogP contribution in [-0.2, 0) is 0 Å². The van der Waals surface area contributed by atoms with Crippen LogP contribution in [0.4, 0.5) is 24.7 Å². The van der Waals surface area contributed by atoms with Gasteiger partial charge in [-0.25, -0.2) is 4.68 Å². The van der Waals surface area contributed by atoms with E-state index in [9.17, 15) is 18.0 Å². The average molecular weight is 435 g/mol. The second kappa shape index (κ2) is 7.68. The molecule has 0 radical (unpaired) electrons. The zero-order valence-corrected chi connectivity index (χ0v) is 16.6. The summed E-state index contributed by atoms with van der Waals surface area (Å²) in [5.74, 6) is -0.435. The molecule has 0 unspecified atom stereocenters. The van der Waals surface area contributed by atoms with Crippen LogP contribution in [0, 0.1) is 6.92 Å². The first-order valence-corrected chi connectivity index (χ1v) is 9.65. The first-order valence-electron chi connectivity index (χ1n) is 9.27. The SMILES string of the molecule is Cc1ccccc1NC(=O)c1cc2n(n1)[C@H](C(F)(F)F)C[C@H](c1ccc(Cl)cc1)N2. The van der Waals surface area contributed by atoms with Crippen LogP contribution in [-0.4, -0.2) is 21.9 Å². The molecule has 0 bridgehead atoms. The Morgan fingerprint density at radius 2 is 1.90 bits per heavy atom. The van der Waals surface area contributed by atoms with Crippen LogP contribution in [0.3, 0.4) is 0 Å². The fraction of sp³-hybridized carbons (Fsp3) is 0.238. The third-order valence-electron chi connectivity index (χ3n) is 5.09. The lowest BCUT2D eigenvalue weighted by molar-refractivity contribution is -0.173. The van der Waals surface area contributed by atoms with E-state index in [-0.39, 0.29) is 17.9 Å². The zero-order chi connectivity index (χ0) is 21.5. The number of aromatic nitrogens is 2. The summed E-state index contributed by atoms with van der Waals surface area (Å²) < 4.78 is 42.2. The number of hydrogen-bond acceptors (Lipinski definition) is 3. The number of carbonyl (C=O) groups excluding carboxylic acids is 1. The summed E-state index contributed by atoms with van der Waals surface area (Å²) in [6, 6.07) is 12.7. The van der Waals surface area contributed by atoms with Gasteiger partial charge in [0.05, 0.1) is 6.04 Å². The van der Waals surface area contributed by atoms with Crippen molar-refractivity contribution in [2.45, 2.75) is 31.6 Å². The Morgan fingerprint density at radius 3 is 2.57 bits per heavy atom. The van der Waals surface area contributed by atoms with E-state index in [2.05, 4.69) is 15.7 Å². The number of anilines is 2. The molecule has 3 aromatic rings. The molecule has 0 spiro atoms. The van der Waals surface area contributed by atoms with Crippen LogP contribution in [0.15, 0.2) is 54.6 Å². The Balaban J connectivity index is 1.65. The number of nitrogens with one attached hydrogen (secondary N) is 2. The van der Waals surface area contributed by atoms with Gasteiger partial charge >= 0.3 is 6.18 Å². The van der Waals surface area contributed by atoms with Gasteiger partial charge in [0.15, 0.2) is 11.7 Å². The molecule has 0 aliphatic carbocycles. The molecule has 156 valence electrons. The number of fused-ring (bicyclic) bond motifs is 1. The molecule has 4 rings (SSSR count). The highest BCUT2D eigenvalue weighted by Crippen LogP contribution is 2.43. The molecule has 1 aliphatic rings.